The molecule has 2 aliphatic heterocycles. The second kappa shape index (κ2) is 4.40. The van der Waals surface area contributed by atoms with Gasteiger partial charge in [-0.25, -0.2) is 0 Å². The van der Waals surface area contributed by atoms with Gasteiger partial charge < -0.3 is 18.8 Å². The molecule has 1 atom stereocenters. The summed E-state index contributed by atoms with van der Waals surface area (Å²) in [5.41, 5.74) is -0.193. The fourth-order valence-electron chi connectivity index (χ4n) is 2.75. The smallest absolute Gasteiger partial charge is 0.289 e. The monoisotopic (exact) mass is 251 g/mol. The van der Waals surface area contributed by atoms with Gasteiger partial charge in [0, 0.05) is 20.1 Å². The molecule has 18 heavy (non-hydrogen) atoms. The van der Waals surface area contributed by atoms with Gasteiger partial charge in [0.05, 0.1) is 25.5 Å². The molecular weight excluding hydrogens is 234 g/mol. The Labute approximate surface area is 106 Å². The van der Waals surface area contributed by atoms with Crippen molar-refractivity contribution >= 4 is 5.91 Å². The van der Waals surface area contributed by atoms with E-state index < -0.39 is 0 Å². The Hall–Kier alpha value is -1.33. The third-order valence-electron chi connectivity index (χ3n) is 3.76. The van der Waals surface area contributed by atoms with Gasteiger partial charge >= 0.3 is 0 Å². The van der Waals surface area contributed by atoms with Gasteiger partial charge in [0.15, 0.2) is 5.76 Å². The number of hydrogen-bond acceptors (Lipinski definition) is 4. The van der Waals surface area contributed by atoms with E-state index in [0.717, 1.165) is 12.8 Å². The summed E-state index contributed by atoms with van der Waals surface area (Å²) in [7, 11) is 1.73. The number of ether oxygens (including phenoxy) is 2. The van der Waals surface area contributed by atoms with E-state index in [1.165, 1.54) is 6.26 Å². The molecule has 1 amide bonds. The van der Waals surface area contributed by atoms with Crippen LogP contribution >= 0.6 is 0 Å². The van der Waals surface area contributed by atoms with Gasteiger partial charge in [0.25, 0.3) is 5.91 Å². The maximum atomic E-state index is 12.0. The SMILES string of the molecule is COC1CCOC2(C1)CN(C(=O)c1ccco1)C2. The molecule has 5 heteroatoms. The molecule has 0 bridgehead atoms. The lowest BCUT2D eigenvalue weighted by Crippen LogP contribution is -2.67. The van der Waals surface area contributed by atoms with Crippen LogP contribution in [-0.4, -0.2) is 49.3 Å². The van der Waals surface area contributed by atoms with Crippen LogP contribution in [-0.2, 0) is 9.47 Å². The molecule has 1 aromatic heterocycles. The molecule has 3 heterocycles. The summed E-state index contributed by atoms with van der Waals surface area (Å²) in [6, 6.07) is 3.41. The molecule has 2 aliphatic rings. The first-order valence-electron chi connectivity index (χ1n) is 6.22. The summed E-state index contributed by atoms with van der Waals surface area (Å²) in [6.45, 7) is 1.97. The molecule has 1 unspecified atom stereocenters. The van der Waals surface area contributed by atoms with E-state index in [4.69, 9.17) is 13.9 Å². The van der Waals surface area contributed by atoms with Crippen molar-refractivity contribution in [3.05, 3.63) is 24.2 Å². The summed E-state index contributed by atoms with van der Waals surface area (Å²) in [5.74, 6) is 0.331. The van der Waals surface area contributed by atoms with Crippen LogP contribution in [0.1, 0.15) is 23.4 Å². The van der Waals surface area contributed by atoms with Crippen molar-refractivity contribution in [1.29, 1.82) is 0 Å². The molecule has 3 rings (SSSR count). The first-order valence-corrected chi connectivity index (χ1v) is 6.22. The second-order valence-corrected chi connectivity index (χ2v) is 5.02. The van der Waals surface area contributed by atoms with Gasteiger partial charge in [0.2, 0.25) is 0 Å². The second-order valence-electron chi connectivity index (χ2n) is 5.02. The summed E-state index contributed by atoms with van der Waals surface area (Å²) in [4.78, 5) is 13.8. The van der Waals surface area contributed by atoms with Gasteiger partial charge in [-0.15, -0.1) is 0 Å². The van der Waals surface area contributed by atoms with Crippen molar-refractivity contribution < 1.29 is 18.7 Å². The van der Waals surface area contributed by atoms with Crippen molar-refractivity contribution in [2.75, 3.05) is 26.8 Å². The normalized spacial score (nSPS) is 26.1. The molecule has 0 saturated carbocycles. The highest BCUT2D eigenvalue weighted by molar-refractivity contribution is 5.92. The zero-order valence-electron chi connectivity index (χ0n) is 10.4. The Morgan fingerprint density at radius 1 is 1.56 bits per heavy atom. The van der Waals surface area contributed by atoms with Crippen molar-refractivity contribution in [2.24, 2.45) is 0 Å². The van der Waals surface area contributed by atoms with Crippen LogP contribution in [0, 0.1) is 0 Å². The van der Waals surface area contributed by atoms with Gasteiger partial charge in [0.1, 0.15) is 5.60 Å². The Morgan fingerprint density at radius 3 is 3.06 bits per heavy atom. The Bertz CT molecular complexity index is 422. The Balaban J connectivity index is 1.61. The number of amides is 1. The molecule has 1 aromatic rings. The van der Waals surface area contributed by atoms with E-state index in [1.54, 1.807) is 24.1 Å². The fourth-order valence-corrected chi connectivity index (χ4v) is 2.75. The molecule has 0 N–H and O–H groups in total. The van der Waals surface area contributed by atoms with E-state index in [2.05, 4.69) is 0 Å². The molecule has 5 nitrogen and oxygen atoms in total. The van der Waals surface area contributed by atoms with Crippen LogP contribution in [0.5, 0.6) is 0 Å². The van der Waals surface area contributed by atoms with Gasteiger partial charge in [-0.3, -0.25) is 4.79 Å². The summed E-state index contributed by atoms with van der Waals surface area (Å²) in [5, 5.41) is 0. The van der Waals surface area contributed by atoms with Crippen molar-refractivity contribution in [2.45, 2.75) is 24.5 Å². The maximum Gasteiger partial charge on any atom is 0.289 e. The van der Waals surface area contributed by atoms with Crippen molar-refractivity contribution in [3.8, 4) is 0 Å². The van der Waals surface area contributed by atoms with E-state index >= 15 is 0 Å². The largest absolute Gasteiger partial charge is 0.459 e. The van der Waals surface area contributed by atoms with Gasteiger partial charge in [-0.2, -0.15) is 0 Å². The van der Waals surface area contributed by atoms with Crippen LogP contribution in [0.3, 0.4) is 0 Å². The van der Waals surface area contributed by atoms with E-state index in [0.29, 0.717) is 25.5 Å². The first-order chi connectivity index (χ1) is 8.72. The third kappa shape index (κ3) is 1.93. The number of nitrogens with zero attached hydrogens (tertiary/aromatic N) is 1. The average Bonchev–Trinajstić information content (AvgIpc) is 2.89. The van der Waals surface area contributed by atoms with Gasteiger partial charge in [-0.05, 0) is 18.6 Å². The first kappa shape index (κ1) is 11.7. The van der Waals surface area contributed by atoms with Crippen molar-refractivity contribution in [3.63, 3.8) is 0 Å². The highest BCUT2D eigenvalue weighted by atomic mass is 16.5. The highest BCUT2D eigenvalue weighted by Gasteiger charge is 2.49. The van der Waals surface area contributed by atoms with Crippen LogP contribution in [0.4, 0.5) is 0 Å². The summed E-state index contributed by atoms with van der Waals surface area (Å²) < 4.78 is 16.3. The number of carbonyl (C=O) groups excluding carboxylic acids is 1. The third-order valence-corrected chi connectivity index (χ3v) is 3.76. The maximum absolute atomic E-state index is 12.0. The number of hydrogen-bond donors (Lipinski definition) is 0. The minimum atomic E-state index is -0.193. The van der Waals surface area contributed by atoms with Crippen LogP contribution in [0.25, 0.3) is 0 Å². The van der Waals surface area contributed by atoms with Crippen LogP contribution < -0.4 is 0 Å². The zero-order chi connectivity index (χ0) is 12.6. The minimum Gasteiger partial charge on any atom is -0.459 e. The average molecular weight is 251 g/mol. The predicted octanol–water partition coefficient (Wildman–Crippen LogP) is 1.30. The van der Waals surface area contributed by atoms with Crippen LogP contribution in [0.2, 0.25) is 0 Å². The molecular formula is C13H17NO4. The molecule has 2 fully saturated rings. The summed E-state index contributed by atoms with van der Waals surface area (Å²) in [6.07, 6.45) is 3.57. The number of carbonyl (C=O) groups is 1. The molecule has 0 radical (unpaired) electrons. The lowest BCUT2D eigenvalue weighted by atomic mass is 9.84. The highest BCUT2D eigenvalue weighted by Crippen LogP contribution is 2.35. The van der Waals surface area contributed by atoms with Crippen molar-refractivity contribution in [1.82, 2.24) is 4.90 Å². The molecule has 98 valence electrons. The Morgan fingerprint density at radius 2 is 2.39 bits per heavy atom. The minimum absolute atomic E-state index is 0.0613. The number of likely N-dealkylation sites (tertiary alicyclic amines) is 1. The van der Waals surface area contributed by atoms with E-state index in [1.807, 2.05) is 0 Å². The summed E-state index contributed by atoms with van der Waals surface area (Å²) >= 11 is 0. The van der Waals surface area contributed by atoms with Gasteiger partial charge in [-0.1, -0.05) is 0 Å². The fraction of sp³-hybridized carbons (Fsp3) is 0.615. The van der Waals surface area contributed by atoms with E-state index in [9.17, 15) is 4.79 Å². The predicted molar refractivity (Wildman–Crippen MR) is 63.3 cm³/mol. The topological polar surface area (TPSA) is 51.9 Å². The molecule has 0 aromatic carbocycles. The lowest BCUT2D eigenvalue weighted by Gasteiger charge is -2.52. The number of rotatable bonds is 2. The standard InChI is InChI=1S/C13H17NO4/c1-16-10-4-6-18-13(7-10)8-14(9-13)12(15)11-3-2-5-17-11/h2-3,5,10H,4,6-9H2,1H3. The lowest BCUT2D eigenvalue weighted by molar-refractivity contribution is -0.182. The Kier molecular flexibility index (Phi) is 2.87. The quantitative estimate of drug-likeness (QED) is 0.795. The van der Waals surface area contributed by atoms with E-state index in [-0.39, 0.29) is 17.6 Å². The van der Waals surface area contributed by atoms with Crippen LogP contribution in [0.15, 0.2) is 22.8 Å². The molecule has 1 spiro atoms. The molecule has 2 saturated heterocycles. The zero-order valence-corrected chi connectivity index (χ0v) is 10.4. The number of methoxy groups -OCH3 is 1. The molecule has 0 aliphatic carbocycles. The number of furan rings is 1.